The number of nitrogens with one attached hydrogen (secondary N) is 1. The molecule has 1 amide bonds. The Morgan fingerprint density at radius 3 is 2.74 bits per heavy atom. The summed E-state index contributed by atoms with van der Waals surface area (Å²) in [5.74, 6) is -0.801. The van der Waals surface area contributed by atoms with Crippen molar-refractivity contribution in [3.8, 4) is 0 Å². The number of hydrogen-bond donors (Lipinski definition) is 2. The van der Waals surface area contributed by atoms with Crippen LogP contribution in [0.2, 0.25) is 10.0 Å². The maximum Gasteiger partial charge on any atom is 0.224 e. The van der Waals surface area contributed by atoms with Gasteiger partial charge in [0.15, 0.2) is 0 Å². The van der Waals surface area contributed by atoms with Crippen molar-refractivity contribution < 1.29 is 9.53 Å². The van der Waals surface area contributed by atoms with Crippen molar-refractivity contribution in [2.24, 2.45) is 11.7 Å². The van der Waals surface area contributed by atoms with E-state index in [-0.39, 0.29) is 24.4 Å². The molecule has 3 N–H and O–H groups in total. The second-order valence-corrected chi connectivity index (χ2v) is 4.99. The molecule has 19 heavy (non-hydrogen) atoms. The third kappa shape index (κ3) is 3.97. The lowest BCUT2D eigenvalue weighted by molar-refractivity contribution is -0.126. The van der Waals surface area contributed by atoms with E-state index in [1.165, 1.54) is 0 Å². The Labute approximate surface area is 128 Å². The van der Waals surface area contributed by atoms with Crippen molar-refractivity contribution in [3.05, 3.63) is 33.8 Å². The van der Waals surface area contributed by atoms with Gasteiger partial charge in [-0.3, -0.25) is 4.79 Å². The van der Waals surface area contributed by atoms with Gasteiger partial charge >= 0.3 is 0 Å². The Morgan fingerprint density at radius 1 is 1.37 bits per heavy atom. The Morgan fingerprint density at radius 2 is 2.11 bits per heavy atom. The van der Waals surface area contributed by atoms with Crippen LogP contribution in [0.15, 0.2) is 18.2 Å². The molecular weight excluding hydrogens is 311 g/mol. The molecule has 1 aliphatic heterocycles. The van der Waals surface area contributed by atoms with Gasteiger partial charge in [-0.1, -0.05) is 29.3 Å². The van der Waals surface area contributed by atoms with Gasteiger partial charge in [0.2, 0.25) is 5.91 Å². The first-order valence-corrected chi connectivity index (χ1v) is 6.42. The molecule has 0 bridgehead atoms. The quantitative estimate of drug-likeness (QED) is 0.876. The van der Waals surface area contributed by atoms with Crippen LogP contribution in [0.25, 0.3) is 0 Å². The lowest BCUT2D eigenvalue weighted by Gasteiger charge is -2.22. The minimum Gasteiger partial charge on any atom is -0.371 e. The first-order chi connectivity index (χ1) is 8.59. The van der Waals surface area contributed by atoms with Crippen LogP contribution in [0.1, 0.15) is 11.7 Å². The minimum absolute atomic E-state index is 0. The molecule has 2 atom stereocenters. The molecule has 1 heterocycles. The Bertz CT molecular complexity index is 457. The third-order valence-electron chi connectivity index (χ3n) is 2.94. The molecule has 7 heteroatoms. The molecule has 4 nitrogen and oxygen atoms in total. The van der Waals surface area contributed by atoms with E-state index in [1.807, 2.05) is 0 Å². The number of halogens is 3. The fraction of sp³-hybridized carbons (Fsp3) is 0.417. The summed E-state index contributed by atoms with van der Waals surface area (Å²) in [4.78, 5) is 11.5. The average Bonchev–Trinajstić information content (AvgIpc) is 2.58. The van der Waals surface area contributed by atoms with Crippen molar-refractivity contribution in [1.82, 2.24) is 5.32 Å². The number of nitrogens with two attached hydrogens (primary N) is 1. The van der Waals surface area contributed by atoms with Crippen molar-refractivity contribution in [2.75, 3.05) is 19.7 Å². The highest BCUT2D eigenvalue weighted by molar-refractivity contribution is 6.42. The molecule has 0 saturated carbocycles. The van der Waals surface area contributed by atoms with Gasteiger partial charge < -0.3 is 15.8 Å². The first kappa shape index (κ1) is 16.5. The topological polar surface area (TPSA) is 64.4 Å². The molecule has 0 spiro atoms. The molecular formula is C12H15Cl3N2O2. The standard InChI is InChI=1S/C12H14Cl2N2O2.ClH/c13-9-2-1-7(5-10(9)14)11-8(12(15)17)6-16-3-4-18-11;/h1-2,5,8,11,16H,3-4,6H2,(H2,15,17);1H/t8-,11+;/m1./s1. The molecule has 1 aromatic carbocycles. The maximum absolute atomic E-state index is 11.5. The predicted octanol–water partition coefficient (Wildman–Crippen LogP) is 2.18. The van der Waals surface area contributed by atoms with Gasteiger partial charge in [-0.2, -0.15) is 0 Å². The number of benzene rings is 1. The Hall–Kier alpha value is -0.520. The van der Waals surface area contributed by atoms with Gasteiger partial charge in [0.25, 0.3) is 0 Å². The normalized spacial score (nSPS) is 23.3. The Kier molecular flexibility index (Phi) is 6.36. The number of carbonyl (C=O) groups excluding carboxylic acids is 1. The summed E-state index contributed by atoms with van der Waals surface area (Å²) in [6, 6.07) is 5.22. The molecule has 0 unspecified atom stereocenters. The summed E-state index contributed by atoms with van der Waals surface area (Å²) < 4.78 is 5.69. The lowest BCUT2D eigenvalue weighted by atomic mass is 9.95. The number of carbonyl (C=O) groups is 1. The first-order valence-electron chi connectivity index (χ1n) is 5.66. The van der Waals surface area contributed by atoms with Gasteiger partial charge in [0.05, 0.1) is 28.7 Å². The molecule has 0 aliphatic carbocycles. The highest BCUT2D eigenvalue weighted by atomic mass is 35.5. The second kappa shape index (κ2) is 7.31. The van der Waals surface area contributed by atoms with Crippen LogP contribution in [0.5, 0.6) is 0 Å². The monoisotopic (exact) mass is 324 g/mol. The highest BCUT2D eigenvalue weighted by Crippen LogP contribution is 2.31. The van der Waals surface area contributed by atoms with Crippen LogP contribution in [0.3, 0.4) is 0 Å². The van der Waals surface area contributed by atoms with Crippen LogP contribution >= 0.6 is 35.6 Å². The Balaban J connectivity index is 0.00000180. The highest BCUT2D eigenvalue weighted by Gasteiger charge is 2.30. The summed E-state index contributed by atoms with van der Waals surface area (Å²) in [6.45, 7) is 1.72. The number of hydrogen-bond acceptors (Lipinski definition) is 3. The van der Waals surface area contributed by atoms with E-state index in [0.717, 1.165) is 5.56 Å². The smallest absolute Gasteiger partial charge is 0.224 e. The zero-order valence-corrected chi connectivity index (χ0v) is 12.4. The van der Waals surface area contributed by atoms with Gasteiger partial charge in [-0.25, -0.2) is 0 Å². The summed E-state index contributed by atoms with van der Waals surface area (Å²) >= 11 is 11.9. The van der Waals surface area contributed by atoms with E-state index in [9.17, 15) is 4.79 Å². The number of primary amides is 1. The van der Waals surface area contributed by atoms with Crippen LogP contribution in [0.4, 0.5) is 0 Å². The molecule has 2 rings (SSSR count). The minimum atomic E-state index is -0.412. The SMILES string of the molecule is Cl.NC(=O)[C@@H]1CNCCO[C@H]1c1ccc(Cl)c(Cl)c1. The molecule has 1 aromatic rings. The van der Waals surface area contributed by atoms with Crippen LogP contribution in [-0.2, 0) is 9.53 Å². The summed E-state index contributed by atoms with van der Waals surface area (Å²) in [5, 5.41) is 4.04. The van der Waals surface area contributed by atoms with E-state index < -0.39 is 5.92 Å². The van der Waals surface area contributed by atoms with Gasteiger partial charge in [0.1, 0.15) is 0 Å². The van der Waals surface area contributed by atoms with E-state index in [0.29, 0.717) is 29.7 Å². The molecule has 0 aromatic heterocycles. The largest absolute Gasteiger partial charge is 0.371 e. The third-order valence-corrected chi connectivity index (χ3v) is 3.68. The van der Waals surface area contributed by atoms with Crippen molar-refractivity contribution in [1.29, 1.82) is 0 Å². The zero-order valence-electron chi connectivity index (χ0n) is 10.1. The van der Waals surface area contributed by atoms with Crippen LogP contribution in [-0.4, -0.2) is 25.6 Å². The maximum atomic E-state index is 11.5. The predicted molar refractivity (Wildman–Crippen MR) is 78.0 cm³/mol. The summed E-state index contributed by atoms with van der Waals surface area (Å²) in [6.07, 6.45) is -0.382. The van der Waals surface area contributed by atoms with Crippen LogP contribution in [0, 0.1) is 5.92 Å². The van der Waals surface area contributed by atoms with Gasteiger partial charge in [-0.15, -0.1) is 12.4 Å². The van der Waals surface area contributed by atoms with Crippen LogP contribution < -0.4 is 11.1 Å². The number of amides is 1. The van der Waals surface area contributed by atoms with E-state index in [4.69, 9.17) is 33.7 Å². The molecule has 1 aliphatic rings. The lowest BCUT2D eigenvalue weighted by Crippen LogP contribution is -2.35. The number of ether oxygens (including phenoxy) is 1. The molecule has 0 radical (unpaired) electrons. The summed E-state index contributed by atoms with van der Waals surface area (Å²) in [5.41, 5.74) is 6.23. The molecule has 1 fully saturated rings. The second-order valence-electron chi connectivity index (χ2n) is 4.18. The molecule has 106 valence electrons. The summed E-state index contributed by atoms with van der Waals surface area (Å²) in [7, 11) is 0. The number of rotatable bonds is 2. The molecule has 1 saturated heterocycles. The van der Waals surface area contributed by atoms with E-state index in [1.54, 1.807) is 18.2 Å². The van der Waals surface area contributed by atoms with E-state index >= 15 is 0 Å². The fourth-order valence-corrected chi connectivity index (χ4v) is 2.31. The van der Waals surface area contributed by atoms with E-state index in [2.05, 4.69) is 5.32 Å². The average molecular weight is 326 g/mol. The van der Waals surface area contributed by atoms with Gasteiger partial charge in [0, 0.05) is 13.1 Å². The van der Waals surface area contributed by atoms with Crippen molar-refractivity contribution in [2.45, 2.75) is 6.10 Å². The van der Waals surface area contributed by atoms with Crippen molar-refractivity contribution in [3.63, 3.8) is 0 Å². The fourth-order valence-electron chi connectivity index (χ4n) is 2.01. The van der Waals surface area contributed by atoms with Crippen molar-refractivity contribution >= 4 is 41.5 Å². The van der Waals surface area contributed by atoms with Gasteiger partial charge in [-0.05, 0) is 17.7 Å². The zero-order chi connectivity index (χ0) is 13.1.